The minimum atomic E-state index is 0.767. The van der Waals surface area contributed by atoms with E-state index in [1.165, 1.54) is 16.3 Å². The highest BCUT2D eigenvalue weighted by Gasteiger charge is 1.98. The number of rotatable bonds is 3. The number of nitrogens with two attached hydrogens (primary N) is 1. The molecule has 0 aliphatic heterocycles. The Balaban J connectivity index is 2.43. The predicted octanol–water partition coefficient (Wildman–Crippen LogP) is 2.73. The molecule has 0 aliphatic carbocycles. The lowest BCUT2D eigenvalue weighted by Gasteiger charge is -2.04. The number of hydrogen-bond donors (Lipinski definition) is 1. The van der Waals surface area contributed by atoms with Crippen molar-refractivity contribution < 1.29 is 0 Å². The summed E-state index contributed by atoms with van der Waals surface area (Å²) in [5.41, 5.74) is 6.93. The molecule has 14 heavy (non-hydrogen) atoms. The first-order valence-corrected chi connectivity index (χ1v) is 5.08. The number of hydrogen-bond acceptors (Lipinski definition) is 1. The molecule has 2 N–H and O–H groups in total. The highest BCUT2D eigenvalue weighted by Crippen LogP contribution is 2.19. The molecule has 0 radical (unpaired) electrons. The van der Waals surface area contributed by atoms with E-state index in [0.29, 0.717) is 0 Å². The first-order chi connectivity index (χ1) is 6.92. The number of aryl methyl sites for hydroxylation is 1. The molecule has 0 spiro atoms. The summed E-state index contributed by atoms with van der Waals surface area (Å²) in [5.74, 6) is 0. The van der Waals surface area contributed by atoms with Crippen molar-refractivity contribution in [2.75, 3.05) is 6.54 Å². The van der Waals surface area contributed by atoms with Gasteiger partial charge in [0.15, 0.2) is 0 Å². The Labute approximate surface area is 84.5 Å². The minimum absolute atomic E-state index is 0.767. The second kappa shape index (κ2) is 4.25. The molecule has 0 fully saturated rings. The van der Waals surface area contributed by atoms with Crippen molar-refractivity contribution in [3.8, 4) is 0 Å². The van der Waals surface area contributed by atoms with Crippen molar-refractivity contribution >= 4 is 10.8 Å². The first kappa shape index (κ1) is 9.22. The van der Waals surface area contributed by atoms with Gasteiger partial charge >= 0.3 is 0 Å². The molecule has 2 aromatic rings. The van der Waals surface area contributed by atoms with Gasteiger partial charge in [-0.15, -0.1) is 0 Å². The monoisotopic (exact) mass is 185 g/mol. The lowest BCUT2D eigenvalue weighted by molar-refractivity contribution is 0.837. The summed E-state index contributed by atoms with van der Waals surface area (Å²) in [4.78, 5) is 0. The predicted molar refractivity (Wildman–Crippen MR) is 61.3 cm³/mol. The van der Waals surface area contributed by atoms with Crippen molar-refractivity contribution in [1.82, 2.24) is 0 Å². The van der Waals surface area contributed by atoms with Crippen molar-refractivity contribution in [3.63, 3.8) is 0 Å². The second-order valence-corrected chi connectivity index (χ2v) is 3.53. The summed E-state index contributed by atoms with van der Waals surface area (Å²) in [6.45, 7) is 0.767. The van der Waals surface area contributed by atoms with Gasteiger partial charge in [0.05, 0.1) is 0 Å². The molecule has 0 saturated heterocycles. The van der Waals surface area contributed by atoms with Crippen LogP contribution in [0.2, 0.25) is 0 Å². The minimum Gasteiger partial charge on any atom is -0.330 e. The SMILES string of the molecule is NCCCc1cccc2ccccc12. The quantitative estimate of drug-likeness (QED) is 0.781. The van der Waals surface area contributed by atoms with E-state index in [4.69, 9.17) is 5.73 Å². The summed E-state index contributed by atoms with van der Waals surface area (Å²) in [5, 5.41) is 2.69. The third-order valence-corrected chi connectivity index (χ3v) is 2.53. The van der Waals surface area contributed by atoms with Crippen LogP contribution in [0.3, 0.4) is 0 Å². The summed E-state index contributed by atoms with van der Waals surface area (Å²) in [6, 6.07) is 15.0. The molecule has 0 aliphatic rings. The fourth-order valence-electron chi connectivity index (χ4n) is 1.80. The van der Waals surface area contributed by atoms with Crippen LogP contribution >= 0.6 is 0 Å². The Morgan fingerprint density at radius 3 is 2.57 bits per heavy atom. The average Bonchev–Trinajstić information content (AvgIpc) is 2.26. The molecule has 2 aromatic carbocycles. The number of fused-ring (bicyclic) bond motifs is 1. The lowest BCUT2D eigenvalue weighted by atomic mass is 10.0. The third-order valence-electron chi connectivity index (χ3n) is 2.53. The Morgan fingerprint density at radius 2 is 1.71 bits per heavy atom. The van der Waals surface area contributed by atoms with Crippen LogP contribution in [0.25, 0.3) is 10.8 Å². The molecular formula is C13H15N. The van der Waals surface area contributed by atoms with Crippen molar-refractivity contribution in [1.29, 1.82) is 0 Å². The molecule has 0 aromatic heterocycles. The van der Waals surface area contributed by atoms with Crippen LogP contribution in [0.5, 0.6) is 0 Å². The molecule has 0 heterocycles. The van der Waals surface area contributed by atoms with E-state index in [0.717, 1.165) is 19.4 Å². The van der Waals surface area contributed by atoms with Crippen LogP contribution in [0.4, 0.5) is 0 Å². The van der Waals surface area contributed by atoms with Gasteiger partial charge in [-0.2, -0.15) is 0 Å². The summed E-state index contributed by atoms with van der Waals surface area (Å²) < 4.78 is 0. The molecular weight excluding hydrogens is 170 g/mol. The van der Waals surface area contributed by atoms with Gasteiger partial charge in [0.25, 0.3) is 0 Å². The molecule has 0 bridgehead atoms. The highest BCUT2D eigenvalue weighted by molar-refractivity contribution is 5.85. The van der Waals surface area contributed by atoms with E-state index in [1.54, 1.807) is 0 Å². The smallest absolute Gasteiger partial charge is 0.00741 e. The molecule has 0 saturated carbocycles. The third kappa shape index (κ3) is 1.78. The van der Waals surface area contributed by atoms with E-state index >= 15 is 0 Å². The van der Waals surface area contributed by atoms with E-state index in [9.17, 15) is 0 Å². The largest absolute Gasteiger partial charge is 0.330 e. The Morgan fingerprint density at radius 1 is 0.929 bits per heavy atom. The maximum Gasteiger partial charge on any atom is -0.00741 e. The van der Waals surface area contributed by atoms with Crippen molar-refractivity contribution in [2.24, 2.45) is 5.73 Å². The van der Waals surface area contributed by atoms with Gasteiger partial charge in [0.2, 0.25) is 0 Å². The maximum atomic E-state index is 5.52. The topological polar surface area (TPSA) is 26.0 Å². The van der Waals surface area contributed by atoms with Gasteiger partial charge in [-0.05, 0) is 35.7 Å². The lowest BCUT2D eigenvalue weighted by Crippen LogP contribution is -2.00. The Bertz CT molecular complexity index is 415. The van der Waals surface area contributed by atoms with Gasteiger partial charge in [0.1, 0.15) is 0 Å². The van der Waals surface area contributed by atoms with Crippen LogP contribution in [-0.2, 0) is 6.42 Å². The van der Waals surface area contributed by atoms with Crippen LogP contribution in [0, 0.1) is 0 Å². The van der Waals surface area contributed by atoms with Crippen LogP contribution in [0.15, 0.2) is 42.5 Å². The van der Waals surface area contributed by atoms with E-state index in [2.05, 4.69) is 42.5 Å². The summed E-state index contributed by atoms with van der Waals surface area (Å²) in [6.07, 6.45) is 2.14. The van der Waals surface area contributed by atoms with E-state index < -0.39 is 0 Å². The molecule has 0 unspecified atom stereocenters. The average molecular weight is 185 g/mol. The highest BCUT2D eigenvalue weighted by atomic mass is 14.5. The van der Waals surface area contributed by atoms with Crippen LogP contribution in [-0.4, -0.2) is 6.54 Å². The fraction of sp³-hybridized carbons (Fsp3) is 0.231. The zero-order valence-corrected chi connectivity index (χ0v) is 8.24. The Hall–Kier alpha value is -1.34. The summed E-state index contributed by atoms with van der Waals surface area (Å²) in [7, 11) is 0. The summed E-state index contributed by atoms with van der Waals surface area (Å²) >= 11 is 0. The Kier molecular flexibility index (Phi) is 2.80. The van der Waals surface area contributed by atoms with Crippen LogP contribution in [0.1, 0.15) is 12.0 Å². The van der Waals surface area contributed by atoms with Gasteiger partial charge in [-0.25, -0.2) is 0 Å². The fourth-order valence-corrected chi connectivity index (χ4v) is 1.80. The molecule has 2 rings (SSSR count). The number of benzene rings is 2. The molecule has 1 nitrogen and oxygen atoms in total. The zero-order chi connectivity index (χ0) is 9.80. The standard InChI is InChI=1S/C13H15N/c14-10-4-8-12-7-3-6-11-5-1-2-9-13(11)12/h1-3,5-7,9H,4,8,10,14H2. The molecule has 0 amide bonds. The molecule has 1 heteroatoms. The van der Waals surface area contributed by atoms with Gasteiger partial charge in [-0.3, -0.25) is 0 Å². The van der Waals surface area contributed by atoms with E-state index in [1.807, 2.05) is 0 Å². The van der Waals surface area contributed by atoms with Crippen molar-refractivity contribution in [2.45, 2.75) is 12.8 Å². The maximum absolute atomic E-state index is 5.52. The van der Waals surface area contributed by atoms with Crippen molar-refractivity contribution in [3.05, 3.63) is 48.0 Å². The van der Waals surface area contributed by atoms with E-state index in [-0.39, 0.29) is 0 Å². The van der Waals surface area contributed by atoms with Gasteiger partial charge in [0, 0.05) is 0 Å². The zero-order valence-electron chi connectivity index (χ0n) is 8.24. The molecule has 72 valence electrons. The van der Waals surface area contributed by atoms with Gasteiger partial charge in [-0.1, -0.05) is 42.5 Å². The van der Waals surface area contributed by atoms with Crippen LogP contribution < -0.4 is 5.73 Å². The van der Waals surface area contributed by atoms with Gasteiger partial charge < -0.3 is 5.73 Å². The first-order valence-electron chi connectivity index (χ1n) is 5.08. The molecule has 0 atom stereocenters. The second-order valence-electron chi connectivity index (χ2n) is 3.53. The normalized spacial score (nSPS) is 10.6.